The molecule has 1 aromatic carbocycles. The highest BCUT2D eigenvalue weighted by atomic mass is 35.5. The molecule has 0 saturated heterocycles. The Hall–Kier alpha value is -2.14. The van der Waals surface area contributed by atoms with Gasteiger partial charge in [0.05, 0.1) is 6.61 Å². The number of aromatic nitrogens is 2. The fraction of sp³-hybridized carbons (Fsp3) is 0.214. The molecule has 2 aromatic rings. The van der Waals surface area contributed by atoms with Crippen LogP contribution in [0.5, 0.6) is 5.75 Å². The van der Waals surface area contributed by atoms with Crippen molar-refractivity contribution in [2.75, 3.05) is 6.61 Å². The zero-order chi connectivity index (χ0) is 14.5. The number of hydrogen-bond donors (Lipinski definition) is 1. The number of carboxylic acids is 1. The monoisotopic (exact) mass is 292 g/mol. The minimum atomic E-state index is -1.14. The summed E-state index contributed by atoms with van der Waals surface area (Å²) >= 11 is 5.80. The van der Waals surface area contributed by atoms with Gasteiger partial charge in [-0.05, 0) is 30.7 Å². The number of hydrogen-bond acceptors (Lipinski definition) is 4. The Morgan fingerprint density at radius 1 is 1.30 bits per heavy atom. The van der Waals surface area contributed by atoms with Crippen LogP contribution in [0.1, 0.15) is 23.8 Å². The SMILES string of the molecule is CCCOc1ccc(-c2nc(Cl)cc(C(=O)O)n2)cc1. The highest BCUT2D eigenvalue weighted by molar-refractivity contribution is 6.29. The number of aromatic carboxylic acids is 1. The molecule has 20 heavy (non-hydrogen) atoms. The van der Waals surface area contributed by atoms with Crippen LogP contribution in [0, 0.1) is 0 Å². The summed E-state index contributed by atoms with van der Waals surface area (Å²) < 4.78 is 5.47. The van der Waals surface area contributed by atoms with Gasteiger partial charge < -0.3 is 9.84 Å². The van der Waals surface area contributed by atoms with Crippen molar-refractivity contribution >= 4 is 17.6 Å². The molecule has 0 spiro atoms. The maximum absolute atomic E-state index is 10.9. The van der Waals surface area contributed by atoms with E-state index in [9.17, 15) is 4.79 Å². The minimum absolute atomic E-state index is 0.0960. The van der Waals surface area contributed by atoms with Crippen LogP contribution in [0.15, 0.2) is 30.3 Å². The van der Waals surface area contributed by atoms with Gasteiger partial charge in [0, 0.05) is 11.6 Å². The van der Waals surface area contributed by atoms with Gasteiger partial charge >= 0.3 is 5.97 Å². The molecule has 0 radical (unpaired) electrons. The first-order chi connectivity index (χ1) is 9.60. The lowest BCUT2D eigenvalue weighted by molar-refractivity contribution is 0.0690. The van der Waals surface area contributed by atoms with Crippen LogP contribution in [-0.4, -0.2) is 27.7 Å². The van der Waals surface area contributed by atoms with Crippen molar-refractivity contribution in [1.29, 1.82) is 0 Å². The normalized spacial score (nSPS) is 10.3. The second-order valence-electron chi connectivity index (χ2n) is 4.08. The summed E-state index contributed by atoms with van der Waals surface area (Å²) in [5.41, 5.74) is 0.546. The van der Waals surface area contributed by atoms with Crippen LogP contribution in [-0.2, 0) is 0 Å². The largest absolute Gasteiger partial charge is 0.494 e. The number of carboxylic acid groups (broad SMARTS) is 1. The lowest BCUT2D eigenvalue weighted by Gasteiger charge is -2.06. The Kier molecular flexibility index (Phi) is 4.53. The maximum atomic E-state index is 10.9. The molecule has 0 bridgehead atoms. The lowest BCUT2D eigenvalue weighted by Crippen LogP contribution is -2.03. The van der Waals surface area contributed by atoms with Gasteiger partial charge in [-0.3, -0.25) is 0 Å². The Labute approximate surface area is 121 Å². The fourth-order valence-electron chi connectivity index (χ4n) is 1.58. The Morgan fingerprint density at radius 2 is 2.00 bits per heavy atom. The highest BCUT2D eigenvalue weighted by Crippen LogP contribution is 2.21. The third kappa shape index (κ3) is 3.45. The highest BCUT2D eigenvalue weighted by Gasteiger charge is 2.11. The van der Waals surface area contributed by atoms with Crippen LogP contribution in [0.4, 0.5) is 0 Å². The molecule has 6 heteroatoms. The summed E-state index contributed by atoms with van der Waals surface area (Å²) in [6.07, 6.45) is 0.932. The van der Waals surface area contributed by atoms with E-state index in [-0.39, 0.29) is 16.7 Å². The van der Waals surface area contributed by atoms with Crippen molar-refractivity contribution in [3.8, 4) is 17.1 Å². The summed E-state index contributed by atoms with van der Waals surface area (Å²) in [6, 6.07) is 8.32. The number of halogens is 1. The van der Waals surface area contributed by atoms with Crippen LogP contribution in [0.25, 0.3) is 11.4 Å². The first-order valence-electron chi connectivity index (χ1n) is 6.11. The molecule has 2 rings (SSSR count). The van der Waals surface area contributed by atoms with E-state index in [0.717, 1.165) is 12.2 Å². The van der Waals surface area contributed by atoms with E-state index in [1.807, 2.05) is 6.92 Å². The van der Waals surface area contributed by atoms with Gasteiger partial charge in [0.15, 0.2) is 11.5 Å². The van der Waals surface area contributed by atoms with E-state index >= 15 is 0 Å². The average Bonchev–Trinajstić information content (AvgIpc) is 2.45. The Balaban J connectivity index is 2.29. The number of rotatable bonds is 5. The van der Waals surface area contributed by atoms with E-state index in [4.69, 9.17) is 21.4 Å². The van der Waals surface area contributed by atoms with Crippen LogP contribution < -0.4 is 4.74 Å². The second-order valence-corrected chi connectivity index (χ2v) is 4.46. The molecule has 0 aliphatic carbocycles. The molecule has 1 N–H and O–H groups in total. The zero-order valence-electron chi connectivity index (χ0n) is 10.8. The summed E-state index contributed by atoms with van der Waals surface area (Å²) in [5.74, 6) is -0.119. The van der Waals surface area contributed by atoms with E-state index in [2.05, 4.69) is 9.97 Å². The van der Waals surface area contributed by atoms with Crippen LogP contribution in [0.3, 0.4) is 0 Å². The molecule has 1 heterocycles. The quantitative estimate of drug-likeness (QED) is 0.856. The van der Waals surface area contributed by atoms with E-state index in [0.29, 0.717) is 12.2 Å². The topological polar surface area (TPSA) is 72.3 Å². The van der Waals surface area contributed by atoms with Crippen molar-refractivity contribution in [3.05, 3.63) is 41.2 Å². The number of nitrogens with zero attached hydrogens (tertiary/aromatic N) is 2. The minimum Gasteiger partial charge on any atom is -0.494 e. The summed E-state index contributed by atoms with van der Waals surface area (Å²) in [4.78, 5) is 18.9. The average molecular weight is 293 g/mol. The molecule has 1 aromatic heterocycles. The van der Waals surface area contributed by atoms with Crippen molar-refractivity contribution in [2.45, 2.75) is 13.3 Å². The summed E-state index contributed by atoms with van der Waals surface area (Å²) in [7, 11) is 0. The summed E-state index contributed by atoms with van der Waals surface area (Å²) in [5, 5.41) is 9.05. The van der Waals surface area contributed by atoms with E-state index < -0.39 is 5.97 Å². The number of benzene rings is 1. The zero-order valence-corrected chi connectivity index (χ0v) is 11.6. The molecular weight excluding hydrogens is 280 g/mol. The smallest absolute Gasteiger partial charge is 0.354 e. The third-order valence-corrected chi connectivity index (χ3v) is 2.69. The predicted molar refractivity (Wildman–Crippen MR) is 75.2 cm³/mol. The van der Waals surface area contributed by atoms with Gasteiger partial charge in [-0.25, -0.2) is 14.8 Å². The van der Waals surface area contributed by atoms with Gasteiger partial charge in [0.1, 0.15) is 10.9 Å². The van der Waals surface area contributed by atoms with Gasteiger partial charge in [-0.15, -0.1) is 0 Å². The van der Waals surface area contributed by atoms with Crippen molar-refractivity contribution in [3.63, 3.8) is 0 Å². The van der Waals surface area contributed by atoms with Crippen LogP contribution in [0.2, 0.25) is 5.15 Å². The molecule has 5 nitrogen and oxygen atoms in total. The molecule has 0 unspecified atom stereocenters. The first kappa shape index (κ1) is 14.3. The Bertz CT molecular complexity index is 614. The second kappa shape index (κ2) is 6.34. The van der Waals surface area contributed by atoms with Crippen LogP contribution >= 0.6 is 11.6 Å². The van der Waals surface area contributed by atoms with Gasteiger partial charge in [0.25, 0.3) is 0 Å². The van der Waals surface area contributed by atoms with Gasteiger partial charge in [-0.1, -0.05) is 18.5 Å². The van der Waals surface area contributed by atoms with Crippen molar-refractivity contribution in [1.82, 2.24) is 9.97 Å². The molecule has 0 aliphatic rings. The molecular formula is C14H13ClN2O3. The van der Waals surface area contributed by atoms with Crippen molar-refractivity contribution < 1.29 is 14.6 Å². The Morgan fingerprint density at radius 3 is 2.60 bits per heavy atom. The predicted octanol–water partition coefficient (Wildman–Crippen LogP) is 3.28. The summed E-state index contributed by atoms with van der Waals surface area (Å²) in [6.45, 7) is 2.68. The van der Waals surface area contributed by atoms with Crippen molar-refractivity contribution in [2.24, 2.45) is 0 Å². The maximum Gasteiger partial charge on any atom is 0.354 e. The molecule has 0 saturated carbocycles. The fourth-order valence-corrected chi connectivity index (χ4v) is 1.76. The molecule has 104 valence electrons. The first-order valence-corrected chi connectivity index (χ1v) is 6.49. The molecule has 0 aliphatic heterocycles. The standard InChI is InChI=1S/C14H13ClN2O3/c1-2-7-20-10-5-3-9(4-6-10)13-16-11(14(18)19)8-12(15)17-13/h3-6,8H,2,7H2,1H3,(H,18,19). The molecule has 0 atom stereocenters. The van der Waals surface area contributed by atoms with Gasteiger partial charge in [0.2, 0.25) is 0 Å². The number of ether oxygens (including phenoxy) is 1. The lowest BCUT2D eigenvalue weighted by atomic mass is 10.2. The van der Waals surface area contributed by atoms with Gasteiger partial charge in [-0.2, -0.15) is 0 Å². The number of carbonyl (C=O) groups is 1. The van der Waals surface area contributed by atoms with E-state index in [1.165, 1.54) is 6.07 Å². The van der Waals surface area contributed by atoms with E-state index in [1.54, 1.807) is 24.3 Å². The molecule has 0 amide bonds. The third-order valence-electron chi connectivity index (χ3n) is 2.50. The molecule has 0 fully saturated rings.